The minimum atomic E-state index is -0.604. The number of hydrogen-bond donors (Lipinski definition) is 4. The predicted octanol–water partition coefficient (Wildman–Crippen LogP) is 1.40. The normalized spacial score (nSPS) is 15.5. The van der Waals surface area contributed by atoms with E-state index >= 15 is 0 Å². The molecule has 0 saturated heterocycles. The molecule has 2 rings (SSSR count). The van der Waals surface area contributed by atoms with Gasteiger partial charge in [0.15, 0.2) is 5.75 Å². The number of amides is 3. The molecule has 27 heavy (non-hydrogen) atoms. The fourth-order valence-electron chi connectivity index (χ4n) is 2.34. The first-order chi connectivity index (χ1) is 12.4. The van der Waals surface area contributed by atoms with E-state index in [2.05, 4.69) is 16.0 Å². The van der Waals surface area contributed by atoms with Gasteiger partial charge in [-0.05, 0) is 24.5 Å². The van der Waals surface area contributed by atoms with Gasteiger partial charge in [0.2, 0.25) is 0 Å². The number of benzene rings is 1. The van der Waals surface area contributed by atoms with Crippen molar-refractivity contribution in [2.24, 2.45) is 5.41 Å². The van der Waals surface area contributed by atoms with Gasteiger partial charge in [0.05, 0.1) is 11.3 Å². The number of carbonyl (C=O) groups is 3. The Morgan fingerprint density at radius 3 is 2.30 bits per heavy atom. The van der Waals surface area contributed by atoms with E-state index in [0.29, 0.717) is 0 Å². The van der Waals surface area contributed by atoms with Gasteiger partial charge >= 0.3 is 0 Å². The summed E-state index contributed by atoms with van der Waals surface area (Å²) in [6.45, 7) is 7.94. The van der Waals surface area contributed by atoms with Crippen LogP contribution in [0.1, 0.15) is 38.1 Å². The van der Waals surface area contributed by atoms with Gasteiger partial charge in [-0.3, -0.25) is 19.7 Å². The average molecular weight is 374 g/mol. The molecular weight excluding hydrogens is 348 g/mol. The van der Waals surface area contributed by atoms with E-state index in [1.54, 1.807) is 20.2 Å². The van der Waals surface area contributed by atoms with Crippen molar-refractivity contribution < 1.29 is 19.5 Å². The van der Waals surface area contributed by atoms with Crippen LogP contribution in [0.3, 0.4) is 0 Å². The average Bonchev–Trinajstić information content (AvgIpc) is 2.82. The fraction of sp³-hybridized carbons (Fsp3) is 0.421. The molecule has 1 atom stereocenters. The maximum Gasteiger partial charge on any atom is 0.276 e. The summed E-state index contributed by atoms with van der Waals surface area (Å²) in [5.74, 6) is -1.82. The number of anilines is 1. The molecule has 0 saturated carbocycles. The molecule has 0 spiro atoms. The lowest BCUT2D eigenvalue weighted by molar-refractivity contribution is -0.124. The van der Waals surface area contributed by atoms with E-state index in [4.69, 9.17) is 0 Å². The Bertz CT molecular complexity index is 821. The number of hydrogen-bond acceptors (Lipinski definition) is 6. The first kappa shape index (κ1) is 20.3. The summed E-state index contributed by atoms with van der Waals surface area (Å²) in [4.78, 5) is 37.9. The third-order valence-electron chi connectivity index (χ3n) is 4.52. The van der Waals surface area contributed by atoms with E-state index in [1.165, 1.54) is 17.0 Å². The van der Waals surface area contributed by atoms with Gasteiger partial charge in [0.25, 0.3) is 17.7 Å². The van der Waals surface area contributed by atoms with Gasteiger partial charge < -0.3 is 20.6 Å². The Kier molecular flexibility index (Phi) is 5.48. The van der Waals surface area contributed by atoms with Crippen molar-refractivity contribution in [2.75, 3.05) is 19.4 Å². The number of rotatable bonds is 5. The van der Waals surface area contributed by atoms with Gasteiger partial charge in [-0.2, -0.15) is 0 Å². The standard InChI is InChI=1S/C19H26N4O4/c1-10(19(2,3)4)20-13-14(17(26)22-16(13)25)21-12-9-7-8-11(15(12)24)18(27)23(5)6/h7-10,24H,1-6H3,(H3,20,21,22,25,26)/t10-/m0/s1. The predicted molar refractivity (Wildman–Crippen MR) is 102 cm³/mol. The zero-order valence-electron chi connectivity index (χ0n) is 16.4. The number of nitrogens with zero attached hydrogens (tertiary/aromatic N) is 1. The van der Waals surface area contributed by atoms with Crippen molar-refractivity contribution >= 4 is 23.4 Å². The summed E-state index contributed by atoms with van der Waals surface area (Å²) in [5, 5.41) is 18.5. The number of phenolic OH excluding ortho intramolecular Hbond substituents is 1. The van der Waals surface area contributed by atoms with Crippen molar-refractivity contribution in [3.8, 4) is 5.75 Å². The van der Waals surface area contributed by atoms with Gasteiger partial charge in [0.1, 0.15) is 11.4 Å². The highest BCUT2D eigenvalue weighted by atomic mass is 16.3. The summed E-state index contributed by atoms with van der Waals surface area (Å²) in [5.41, 5.74) is 0.203. The second-order valence-electron chi connectivity index (χ2n) is 7.79. The third-order valence-corrected chi connectivity index (χ3v) is 4.52. The Labute approximate surface area is 158 Å². The molecular formula is C19H26N4O4. The lowest BCUT2D eigenvalue weighted by Crippen LogP contribution is -2.40. The zero-order valence-corrected chi connectivity index (χ0v) is 16.4. The van der Waals surface area contributed by atoms with Gasteiger partial charge in [-0.1, -0.05) is 26.8 Å². The maximum atomic E-state index is 12.2. The van der Waals surface area contributed by atoms with Crippen LogP contribution in [0, 0.1) is 5.41 Å². The van der Waals surface area contributed by atoms with Crippen molar-refractivity contribution in [2.45, 2.75) is 33.7 Å². The molecule has 1 aliphatic heterocycles. The summed E-state index contributed by atoms with van der Waals surface area (Å²) in [6, 6.07) is 4.49. The summed E-state index contributed by atoms with van der Waals surface area (Å²) < 4.78 is 0. The number of aromatic hydroxyl groups is 1. The molecule has 3 amide bonds. The first-order valence-electron chi connectivity index (χ1n) is 8.60. The van der Waals surface area contributed by atoms with Crippen LogP contribution in [-0.4, -0.2) is 47.9 Å². The largest absolute Gasteiger partial charge is 0.505 e. The molecule has 0 aliphatic carbocycles. The van der Waals surface area contributed by atoms with Crippen LogP contribution >= 0.6 is 0 Å². The number of phenols is 1. The van der Waals surface area contributed by atoms with Crippen LogP contribution in [0.4, 0.5) is 5.69 Å². The smallest absolute Gasteiger partial charge is 0.276 e. The summed E-state index contributed by atoms with van der Waals surface area (Å²) in [6.07, 6.45) is 0. The monoisotopic (exact) mass is 374 g/mol. The number of para-hydroxylation sites is 1. The van der Waals surface area contributed by atoms with Crippen molar-refractivity contribution in [1.82, 2.24) is 15.5 Å². The molecule has 1 aliphatic rings. The van der Waals surface area contributed by atoms with Crippen LogP contribution in [0.2, 0.25) is 0 Å². The fourth-order valence-corrected chi connectivity index (χ4v) is 2.34. The van der Waals surface area contributed by atoms with E-state index in [1.807, 2.05) is 27.7 Å². The summed E-state index contributed by atoms with van der Waals surface area (Å²) in [7, 11) is 3.15. The van der Waals surface area contributed by atoms with Crippen LogP contribution in [0.25, 0.3) is 0 Å². The second-order valence-corrected chi connectivity index (χ2v) is 7.79. The third kappa shape index (κ3) is 4.21. The number of nitrogens with one attached hydrogen (secondary N) is 3. The Hall–Kier alpha value is -3.03. The number of imide groups is 1. The van der Waals surface area contributed by atoms with E-state index < -0.39 is 11.8 Å². The molecule has 0 unspecified atom stereocenters. The molecule has 0 radical (unpaired) electrons. The highest BCUT2D eigenvalue weighted by Crippen LogP contribution is 2.30. The van der Waals surface area contributed by atoms with Crippen LogP contribution in [0.15, 0.2) is 29.6 Å². The minimum Gasteiger partial charge on any atom is -0.505 e. The van der Waals surface area contributed by atoms with E-state index in [0.717, 1.165) is 0 Å². The molecule has 4 N–H and O–H groups in total. The highest BCUT2D eigenvalue weighted by Gasteiger charge is 2.34. The maximum absolute atomic E-state index is 12.2. The molecule has 8 nitrogen and oxygen atoms in total. The SMILES string of the molecule is C[C@H](NC1=C(Nc2cccc(C(=O)N(C)C)c2O)C(=O)NC1=O)C(C)(C)C. The zero-order chi connectivity index (χ0) is 20.5. The minimum absolute atomic E-state index is 0.000789. The molecule has 1 heterocycles. The van der Waals surface area contributed by atoms with Gasteiger partial charge in [-0.15, -0.1) is 0 Å². The van der Waals surface area contributed by atoms with Crippen molar-refractivity contribution in [3.63, 3.8) is 0 Å². The van der Waals surface area contributed by atoms with Crippen LogP contribution in [0.5, 0.6) is 5.75 Å². The van der Waals surface area contributed by atoms with Gasteiger partial charge in [0, 0.05) is 20.1 Å². The molecule has 8 heteroatoms. The molecule has 0 bridgehead atoms. The lowest BCUT2D eigenvalue weighted by atomic mass is 9.88. The van der Waals surface area contributed by atoms with E-state index in [9.17, 15) is 19.5 Å². The van der Waals surface area contributed by atoms with Crippen LogP contribution in [-0.2, 0) is 9.59 Å². The highest BCUT2D eigenvalue weighted by molar-refractivity contribution is 6.20. The molecule has 146 valence electrons. The number of carbonyl (C=O) groups excluding carboxylic acids is 3. The topological polar surface area (TPSA) is 111 Å². The quantitative estimate of drug-likeness (QED) is 0.458. The Balaban J connectivity index is 2.41. The Morgan fingerprint density at radius 1 is 1.15 bits per heavy atom. The van der Waals surface area contributed by atoms with Crippen molar-refractivity contribution in [3.05, 3.63) is 35.2 Å². The molecule has 0 fully saturated rings. The molecule has 0 aromatic heterocycles. The first-order valence-corrected chi connectivity index (χ1v) is 8.60. The molecule has 1 aromatic rings. The van der Waals surface area contributed by atoms with Crippen LogP contribution < -0.4 is 16.0 Å². The lowest BCUT2D eigenvalue weighted by Gasteiger charge is -2.29. The van der Waals surface area contributed by atoms with E-state index in [-0.39, 0.29) is 45.8 Å². The van der Waals surface area contributed by atoms with Crippen molar-refractivity contribution in [1.29, 1.82) is 0 Å². The second kappa shape index (κ2) is 7.30. The Morgan fingerprint density at radius 2 is 1.74 bits per heavy atom. The summed E-state index contributed by atoms with van der Waals surface area (Å²) >= 11 is 0. The van der Waals surface area contributed by atoms with Gasteiger partial charge in [-0.25, -0.2) is 0 Å². The molecule has 1 aromatic carbocycles.